The molecule has 20 heavy (non-hydrogen) atoms. The van der Waals surface area contributed by atoms with Crippen LogP contribution in [0.5, 0.6) is 0 Å². The molecule has 2 N–H and O–H groups in total. The summed E-state index contributed by atoms with van der Waals surface area (Å²) >= 11 is 1.73. The summed E-state index contributed by atoms with van der Waals surface area (Å²) in [6, 6.07) is 2.18. The van der Waals surface area contributed by atoms with Crippen molar-refractivity contribution in [2.75, 3.05) is 24.2 Å². The maximum Gasteiger partial charge on any atom is 0.225 e. The second kappa shape index (κ2) is 5.95. The summed E-state index contributed by atoms with van der Waals surface area (Å²) in [6.07, 6.45) is 6.86. The molecule has 2 heterocycles. The molecule has 1 fully saturated rings. The second-order valence-electron chi connectivity index (χ2n) is 5.61. The first kappa shape index (κ1) is 13.6. The van der Waals surface area contributed by atoms with Gasteiger partial charge in [-0.15, -0.1) is 11.3 Å². The van der Waals surface area contributed by atoms with E-state index < -0.39 is 0 Å². The molecular formula is C15H22N4S. The average molecular weight is 290 g/mol. The minimum Gasteiger partial charge on any atom is -0.369 e. The molecule has 0 aliphatic heterocycles. The Bertz CT molecular complexity index is 587. The van der Waals surface area contributed by atoms with Gasteiger partial charge in [-0.2, -0.15) is 4.98 Å². The molecule has 0 aromatic carbocycles. The van der Waals surface area contributed by atoms with Gasteiger partial charge in [0, 0.05) is 18.5 Å². The van der Waals surface area contributed by atoms with Gasteiger partial charge in [0.1, 0.15) is 10.6 Å². The van der Waals surface area contributed by atoms with Crippen LogP contribution in [-0.2, 0) is 0 Å². The van der Waals surface area contributed by atoms with Crippen LogP contribution in [-0.4, -0.2) is 23.6 Å². The average Bonchev–Trinajstić information content (AvgIpc) is 2.86. The molecule has 0 bridgehead atoms. The molecule has 0 spiro atoms. The Morgan fingerprint density at radius 2 is 2.05 bits per heavy atom. The van der Waals surface area contributed by atoms with E-state index in [2.05, 4.69) is 33.6 Å². The summed E-state index contributed by atoms with van der Waals surface area (Å²) in [5.74, 6) is 2.48. The molecule has 1 saturated carbocycles. The van der Waals surface area contributed by atoms with E-state index in [1.807, 2.05) is 7.05 Å². The van der Waals surface area contributed by atoms with Crippen molar-refractivity contribution in [1.29, 1.82) is 0 Å². The number of anilines is 2. The summed E-state index contributed by atoms with van der Waals surface area (Å²) in [7, 11) is 1.87. The highest BCUT2D eigenvalue weighted by Gasteiger charge is 2.15. The Morgan fingerprint density at radius 3 is 2.80 bits per heavy atom. The van der Waals surface area contributed by atoms with Gasteiger partial charge in [-0.05, 0) is 31.7 Å². The SMILES string of the molecule is CNc1nc(NCC2CCCCC2)c2cc(C)sc2n1. The van der Waals surface area contributed by atoms with Gasteiger partial charge in [-0.3, -0.25) is 0 Å². The number of nitrogens with one attached hydrogen (secondary N) is 2. The Balaban J connectivity index is 1.81. The van der Waals surface area contributed by atoms with Gasteiger partial charge in [0.15, 0.2) is 0 Å². The summed E-state index contributed by atoms with van der Waals surface area (Å²) < 4.78 is 0. The molecule has 2 aromatic heterocycles. The van der Waals surface area contributed by atoms with Gasteiger partial charge < -0.3 is 10.6 Å². The van der Waals surface area contributed by atoms with Crippen molar-refractivity contribution in [3.63, 3.8) is 0 Å². The molecule has 1 aliphatic carbocycles. The molecule has 108 valence electrons. The first-order chi connectivity index (χ1) is 9.76. The monoisotopic (exact) mass is 290 g/mol. The molecule has 3 rings (SSSR count). The minimum atomic E-state index is 0.700. The van der Waals surface area contributed by atoms with E-state index in [-0.39, 0.29) is 0 Å². The lowest BCUT2D eigenvalue weighted by molar-refractivity contribution is 0.373. The summed E-state index contributed by atoms with van der Waals surface area (Å²) in [4.78, 5) is 11.5. The third-order valence-corrected chi connectivity index (χ3v) is 4.97. The van der Waals surface area contributed by atoms with Crippen LogP contribution in [0.2, 0.25) is 0 Å². The highest BCUT2D eigenvalue weighted by atomic mass is 32.1. The summed E-state index contributed by atoms with van der Waals surface area (Å²) in [5, 5.41) is 7.77. The zero-order chi connectivity index (χ0) is 13.9. The number of hydrogen-bond donors (Lipinski definition) is 2. The number of fused-ring (bicyclic) bond motifs is 1. The van der Waals surface area contributed by atoms with E-state index in [4.69, 9.17) is 0 Å². The van der Waals surface area contributed by atoms with Crippen LogP contribution < -0.4 is 10.6 Å². The van der Waals surface area contributed by atoms with E-state index in [1.165, 1.54) is 37.0 Å². The van der Waals surface area contributed by atoms with E-state index in [1.54, 1.807) is 11.3 Å². The van der Waals surface area contributed by atoms with Gasteiger partial charge in [0.05, 0.1) is 5.39 Å². The van der Waals surface area contributed by atoms with Crippen LogP contribution in [0, 0.1) is 12.8 Å². The van der Waals surface area contributed by atoms with E-state index >= 15 is 0 Å². The Morgan fingerprint density at radius 1 is 1.25 bits per heavy atom. The van der Waals surface area contributed by atoms with Gasteiger partial charge in [0.2, 0.25) is 5.95 Å². The lowest BCUT2D eigenvalue weighted by Gasteiger charge is -2.22. The standard InChI is InChI=1S/C15H22N4S/c1-10-8-12-13(17-9-11-6-4-3-5-7-11)18-15(16-2)19-14(12)20-10/h8,11H,3-7,9H2,1-2H3,(H2,16,17,18,19). The smallest absolute Gasteiger partial charge is 0.225 e. The second-order valence-corrected chi connectivity index (χ2v) is 6.84. The first-order valence-corrected chi connectivity index (χ1v) is 8.27. The lowest BCUT2D eigenvalue weighted by Crippen LogP contribution is -2.18. The number of aromatic nitrogens is 2. The third kappa shape index (κ3) is 2.87. The number of hydrogen-bond acceptors (Lipinski definition) is 5. The van der Waals surface area contributed by atoms with Crippen LogP contribution in [0.25, 0.3) is 10.2 Å². The molecule has 0 atom stereocenters. The van der Waals surface area contributed by atoms with Crippen LogP contribution in [0.1, 0.15) is 37.0 Å². The molecular weight excluding hydrogens is 268 g/mol. The fourth-order valence-corrected chi connectivity index (χ4v) is 3.80. The predicted molar refractivity (Wildman–Crippen MR) is 86.8 cm³/mol. The molecule has 1 aliphatic rings. The van der Waals surface area contributed by atoms with Crippen molar-refractivity contribution in [3.8, 4) is 0 Å². The van der Waals surface area contributed by atoms with E-state index in [9.17, 15) is 0 Å². The number of thiophene rings is 1. The van der Waals surface area contributed by atoms with Crippen molar-refractivity contribution < 1.29 is 0 Å². The molecule has 0 amide bonds. The van der Waals surface area contributed by atoms with Crippen molar-refractivity contribution in [3.05, 3.63) is 10.9 Å². The van der Waals surface area contributed by atoms with Crippen LogP contribution in [0.15, 0.2) is 6.07 Å². The van der Waals surface area contributed by atoms with Crippen molar-refractivity contribution in [1.82, 2.24) is 9.97 Å². The molecule has 0 unspecified atom stereocenters. The quantitative estimate of drug-likeness (QED) is 0.892. The number of nitrogens with zero attached hydrogens (tertiary/aromatic N) is 2. The fraction of sp³-hybridized carbons (Fsp3) is 0.600. The van der Waals surface area contributed by atoms with Crippen LogP contribution in [0.4, 0.5) is 11.8 Å². The zero-order valence-electron chi connectivity index (χ0n) is 12.2. The highest BCUT2D eigenvalue weighted by Crippen LogP contribution is 2.30. The maximum absolute atomic E-state index is 4.59. The van der Waals surface area contributed by atoms with Crippen molar-refractivity contribution in [2.45, 2.75) is 39.0 Å². The Labute approximate surface area is 124 Å². The molecule has 0 radical (unpaired) electrons. The van der Waals surface area contributed by atoms with Gasteiger partial charge in [-0.1, -0.05) is 19.3 Å². The van der Waals surface area contributed by atoms with E-state index in [0.717, 1.165) is 28.5 Å². The first-order valence-electron chi connectivity index (χ1n) is 7.46. The van der Waals surface area contributed by atoms with Crippen molar-refractivity contribution in [2.24, 2.45) is 5.92 Å². The summed E-state index contributed by atoms with van der Waals surface area (Å²) in [5.41, 5.74) is 0. The Kier molecular flexibility index (Phi) is 4.05. The van der Waals surface area contributed by atoms with Crippen LogP contribution in [0.3, 0.4) is 0 Å². The molecule has 2 aromatic rings. The zero-order valence-corrected chi connectivity index (χ0v) is 13.0. The third-order valence-electron chi connectivity index (χ3n) is 4.02. The fourth-order valence-electron chi connectivity index (χ4n) is 2.92. The molecule has 4 nitrogen and oxygen atoms in total. The van der Waals surface area contributed by atoms with Crippen molar-refractivity contribution >= 4 is 33.3 Å². The van der Waals surface area contributed by atoms with Gasteiger partial charge in [0.25, 0.3) is 0 Å². The Hall–Kier alpha value is -1.36. The molecule has 0 saturated heterocycles. The maximum atomic E-state index is 4.59. The largest absolute Gasteiger partial charge is 0.369 e. The summed E-state index contributed by atoms with van der Waals surface area (Å²) in [6.45, 7) is 3.15. The predicted octanol–water partition coefficient (Wildman–Crippen LogP) is 4.03. The normalized spacial score (nSPS) is 16.5. The number of aryl methyl sites for hydroxylation is 1. The van der Waals surface area contributed by atoms with Gasteiger partial charge in [-0.25, -0.2) is 4.98 Å². The van der Waals surface area contributed by atoms with Crippen LogP contribution >= 0.6 is 11.3 Å². The highest BCUT2D eigenvalue weighted by molar-refractivity contribution is 7.18. The topological polar surface area (TPSA) is 49.8 Å². The van der Waals surface area contributed by atoms with E-state index in [0.29, 0.717) is 5.95 Å². The minimum absolute atomic E-state index is 0.700. The molecule has 5 heteroatoms. The number of rotatable bonds is 4. The van der Waals surface area contributed by atoms with Gasteiger partial charge >= 0.3 is 0 Å². The lowest BCUT2D eigenvalue weighted by atomic mass is 9.89.